The van der Waals surface area contributed by atoms with Gasteiger partial charge in [0, 0.05) is 18.2 Å². The largest absolute Gasteiger partial charge is 0.508 e. The normalized spacial score (nSPS) is 22.1. The van der Waals surface area contributed by atoms with Crippen LogP contribution in [0, 0.1) is 4.91 Å². The molecule has 2 N–H and O–H groups in total. The molecule has 2 heterocycles. The van der Waals surface area contributed by atoms with Crippen LogP contribution in [0.2, 0.25) is 0 Å². The van der Waals surface area contributed by atoms with Gasteiger partial charge in [-0.25, -0.2) is 0 Å². The van der Waals surface area contributed by atoms with Gasteiger partial charge in [-0.05, 0) is 73.5 Å². The van der Waals surface area contributed by atoms with Crippen LogP contribution in [0.5, 0.6) is 23.0 Å². The maximum absolute atomic E-state index is 12.1. The van der Waals surface area contributed by atoms with Gasteiger partial charge in [-0.1, -0.05) is 35.9 Å². The van der Waals surface area contributed by atoms with E-state index in [-0.39, 0.29) is 11.5 Å². The molecule has 0 aliphatic carbocycles. The zero-order valence-corrected chi connectivity index (χ0v) is 19.5. The number of hydrogen-bond donors (Lipinski definition) is 2. The van der Waals surface area contributed by atoms with E-state index in [1.165, 1.54) is 31.4 Å². The molecule has 35 heavy (non-hydrogen) atoms. The van der Waals surface area contributed by atoms with Crippen LogP contribution in [0.3, 0.4) is 0 Å². The van der Waals surface area contributed by atoms with Crippen molar-refractivity contribution in [3.8, 4) is 23.0 Å². The number of fused-ring (bicyclic) bond motifs is 1. The van der Waals surface area contributed by atoms with Gasteiger partial charge in [-0.15, -0.1) is 0 Å². The average molecular weight is 475 g/mol. The number of phenols is 2. The van der Waals surface area contributed by atoms with Crippen molar-refractivity contribution in [2.24, 2.45) is 5.18 Å². The van der Waals surface area contributed by atoms with E-state index in [9.17, 15) is 15.1 Å². The topological polar surface area (TPSA) is 91.6 Å². The first-order valence-corrected chi connectivity index (χ1v) is 12.2. The number of hydrogen-bond acceptors (Lipinski definition) is 7. The predicted molar refractivity (Wildman–Crippen MR) is 133 cm³/mol. The summed E-state index contributed by atoms with van der Waals surface area (Å²) in [5.74, 6) is 1.03. The summed E-state index contributed by atoms with van der Waals surface area (Å²) in [6, 6.07) is 18.5. The summed E-state index contributed by atoms with van der Waals surface area (Å²) in [6.45, 7) is 3.84. The molecule has 1 fully saturated rings. The number of nitroso groups, excluding NO2 is 1. The monoisotopic (exact) mass is 474 g/mol. The Kier molecular flexibility index (Phi) is 6.86. The molecule has 0 radical (unpaired) electrons. The molecule has 1 saturated heterocycles. The molecule has 5 rings (SSSR count). The second-order valence-corrected chi connectivity index (χ2v) is 9.25. The summed E-state index contributed by atoms with van der Waals surface area (Å²) in [4.78, 5) is 14.5. The van der Waals surface area contributed by atoms with Crippen molar-refractivity contribution in [3.63, 3.8) is 0 Å². The van der Waals surface area contributed by atoms with Crippen LogP contribution >= 0.6 is 0 Å². The van der Waals surface area contributed by atoms with E-state index in [1.807, 2.05) is 24.3 Å². The summed E-state index contributed by atoms with van der Waals surface area (Å²) in [5, 5.41) is 23.2. The Balaban J connectivity index is 1.39. The highest BCUT2D eigenvalue weighted by molar-refractivity contribution is 5.48. The summed E-state index contributed by atoms with van der Waals surface area (Å²) < 4.78 is 12.3. The number of ether oxygens (including phenoxy) is 2. The zero-order valence-electron chi connectivity index (χ0n) is 19.5. The quantitative estimate of drug-likeness (QED) is 0.428. The maximum atomic E-state index is 12.1. The fourth-order valence-electron chi connectivity index (χ4n) is 5.12. The fourth-order valence-corrected chi connectivity index (χ4v) is 5.12. The lowest BCUT2D eigenvalue weighted by Crippen LogP contribution is -2.33. The molecule has 3 aromatic carbocycles. The van der Waals surface area contributed by atoms with Gasteiger partial charge >= 0.3 is 0 Å². The van der Waals surface area contributed by atoms with Gasteiger partial charge in [0.05, 0.1) is 5.92 Å². The molecule has 0 amide bonds. The fraction of sp³-hybridized carbons (Fsp3) is 0.357. The van der Waals surface area contributed by atoms with E-state index in [4.69, 9.17) is 9.47 Å². The van der Waals surface area contributed by atoms with Gasteiger partial charge in [0.1, 0.15) is 41.8 Å². The second kappa shape index (κ2) is 10.4. The smallest absolute Gasteiger partial charge is 0.133 e. The van der Waals surface area contributed by atoms with Crippen molar-refractivity contribution in [2.75, 3.05) is 26.2 Å². The van der Waals surface area contributed by atoms with Crippen LogP contribution in [-0.2, 0) is 0 Å². The molecule has 182 valence electrons. The van der Waals surface area contributed by atoms with Gasteiger partial charge in [0.25, 0.3) is 0 Å². The van der Waals surface area contributed by atoms with Gasteiger partial charge in [0.15, 0.2) is 0 Å². The SMILES string of the molecule is O=NC1c2ccc(O)cc2O[C@H](c2ccc(OCCN3CCCCC3)cc2)[C@@H]1c1ccc(O)cc1. The van der Waals surface area contributed by atoms with Crippen LogP contribution in [0.1, 0.15) is 54.0 Å². The predicted octanol–water partition coefficient (Wildman–Crippen LogP) is 5.69. The van der Waals surface area contributed by atoms with Crippen LogP contribution in [0.25, 0.3) is 0 Å². The number of piperidine rings is 1. The first-order valence-electron chi connectivity index (χ1n) is 12.2. The molecule has 2 aliphatic heterocycles. The highest BCUT2D eigenvalue weighted by Gasteiger charge is 2.41. The summed E-state index contributed by atoms with van der Waals surface area (Å²) in [7, 11) is 0. The molecule has 2 aliphatic rings. The summed E-state index contributed by atoms with van der Waals surface area (Å²) in [6.07, 6.45) is 3.32. The third-order valence-electron chi connectivity index (χ3n) is 6.96. The van der Waals surface area contributed by atoms with E-state index < -0.39 is 18.1 Å². The van der Waals surface area contributed by atoms with Crippen molar-refractivity contribution >= 4 is 0 Å². The minimum Gasteiger partial charge on any atom is -0.508 e. The molecular formula is C28H30N2O5. The highest BCUT2D eigenvalue weighted by Crippen LogP contribution is 2.52. The molecule has 1 unspecified atom stereocenters. The molecule has 3 aromatic rings. The van der Waals surface area contributed by atoms with Crippen molar-refractivity contribution < 1.29 is 19.7 Å². The standard InChI is InChI=1S/C28H30N2O5/c31-21-8-4-19(5-9-21)26-27(29-33)24-13-10-22(32)18-25(24)35-28(26)20-6-11-23(12-7-20)34-17-16-30-14-2-1-3-15-30/h4-13,18,26-28,31-32H,1-3,14-17H2/t26-,27?,28-/m1/s1. The van der Waals surface area contributed by atoms with Gasteiger partial charge in [-0.3, -0.25) is 4.90 Å². The van der Waals surface area contributed by atoms with E-state index >= 15 is 0 Å². The Morgan fingerprint density at radius 3 is 2.29 bits per heavy atom. The van der Waals surface area contributed by atoms with Gasteiger partial charge < -0.3 is 19.7 Å². The minimum absolute atomic E-state index is 0.0627. The number of benzene rings is 3. The molecule has 0 aromatic heterocycles. The number of aromatic hydroxyl groups is 2. The van der Waals surface area contributed by atoms with Crippen LogP contribution in [0.4, 0.5) is 0 Å². The van der Waals surface area contributed by atoms with E-state index in [1.54, 1.807) is 30.3 Å². The van der Waals surface area contributed by atoms with E-state index in [0.717, 1.165) is 36.5 Å². The van der Waals surface area contributed by atoms with Crippen molar-refractivity contribution in [1.29, 1.82) is 0 Å². The molecule has 7 heteroatoms. The number of rotatable bonds is 7. The Labute approximate surface area is 204 Å². The zero-order chi connectivity index (χ0) is 24.2. The van der Waals surface area contributed by atoms with Crippen molar-refractivity contribution in [2.45, 2.75) is 37.3 Å². The van der Waals surface area contributed by atoms with Crippen molar-refractivity contribution in [3.05, 3.63) is 88.3 Å². The van der Waals surface area contributed by atoms with Crippen LogP contribution in [-0.4, -0.2) is 41.4 Å². The lowest BCUT2D eigenvalue weighted by atomic mass is 9.78. The molecule has 0 bridgehead atoms. The minimum atomic E-state index is -0.714. The average Bonchev–Trinajstić information content (AvgIpc) is 2.89. The molecule has 0 spiro atoms. The van der Waals surface area contributed by atoms with Crippen molar-refractivity contribution in [1.82, 2.24) is 4.90 Å². The highest BCUT2D eigenvalue weighted by atomic mass is 16.5. The number of phenolic OH excluding ortho intramolecular Hbond substituents is 2. The number of likely N-dealkylation sites (tertiary alicyclic amines) is 1. The molecule has 7 nitrogen and oxygen atoms in total. The van der Waals surface area contributed by atoms with Crippen LogP contribution in [0.15, 0.2) is 71.9 Å². The van der Waals surface area contributed by atoms with Crippen LogP contribution < -0.4 is 9.47 Å². The Morgan fingerprint density at radius 1 is 0.886 bits per heavy atom. The lowest BCUT2D eigenvalue weighted by molar-refractivity contribution is 0.133. The second-order valence-electron chi connectivity index (χ2n) is 9.25. The Morgan fingerprint density at radius 2 is 1.57 bits per heavy atom. The first-order chi connectivity index (χ1) is 17.1. The maximum Gasteiger partial charge on any atom is 0.133 e. The lowest BCUT2D eigenvalue weighted by Gasteiger charge is -2.37. The summed E-state index contributed by atoms with van der Waals surface area (Å²) in [5.41, 5.74) is 2.33. The first kappa shape index (κ1) is 23.2. The summed E-state index contributed by atoms with van der Waals surface area (Å²) >= 11 is 0. The third kappa shape index (κ3) is 5.10. The molecular weight excluding hydrogens is 444 g/mol. The Bertz CT molecular complexity index is 1140. The van der Waals surface area contributed by atoms with Gasteiger partial charge in [0.2, 0.25) is 0 Å². The van der Waals surface area contributed by atoms with E-state index in [2.05, 4.69) is 10.1 Å². The molecule has 3 atom stereocenters. The molecule has 0 saturated carbocycles. The van der Waals surface area contributed by atoms with Gasteiger partial charge in [-0.2, -0.15) is 4.91 Å². The third-order valence-corrected chi connectivity index (χ3v) is 6.96. The Hall–Kier alpha value is -3.58. The number of nitrogens with zero attached hydrogens (tertiary/aromatic N) is 2. The van der Waals surface area contributed by atoms with E-state index in [0.29, 0.717) is 17.9 Å².